The smallest absolute Gasteiger partial charge is 0.318 e. The lowest BCUT2D eigenvalue weighted by Crippen LogP contribution is -2.17. The Hall–Kier alpha value is -4.57. The molecular formula is C31H35N7O3. The zero-order chi connectivity index (χ0) is 29.0. The van der Waals surface area contributed by atoms with Gasteiger partial charge in [0, 0.05) is 35.5 Å². The van der Waals surface area contributed by atoms with Crippen LogP contribution >= 0.6 is 0 Å². The van der Waals surface area contributed by atoms with Crippen LogP contribution in [0.15, 0.2) is 65.6 Å². The molecule has 10 nitrogen and oxygen atoms in total. The fraction of sp³-hybridized carbons (Fsp3) is 0.323. The van der Waals surface area contributed by atoms with Crippen LogP contribution in [-0.4, -0.2) is 45.8 Å². The van der Waals surface area contributed by atoms with Crippen LogP contribution in [0.1, 0.15) is 48.7 Å². The lowest BCUT2D eigenvalue weighted by atomic mass is 9.86. The number of nitrogens with one attached hydrogen (secondary N) is 4. The van der Waals surface area contributed by atoms with E-state index < -0.39 is 5.56 Å². The maximum Gasteiger partial charge on any atom is 0.318 e. The Morgan fingerprint density at radius 1 is 1.10 bits per heavy atom. The summed E-state index contributed by atoms with van der Waals surface area (Å²) in [7, 11) is 0. The molecule has 2 aromatic heterocycles. The van der Waals surface area contributed by atoms with Crippen molar-refractivity contribution in [2.24, 2.45) is 5.92 Å². The molecule has 0 bridgehead atoms. The highest BCUT2D eigenvalue weighted by molar-refractivity contribution is 6.05. The summed E-state index contributed by atoms with van der Waals surface area (Å²) in [6.07, 6.45) is 2.64. The summed E-state index contributed by atoms with van der Waals surface area (Å²) in [5.41, 5.74) is 4.39. The van der Waals surface area contributed by atoms with Crippen molar-refractivity contribution in [3.05, 3.63) is 87.8 Å². The van der Waals surface area contributed by atoms with E-state index in [1.807, 2.05) is 49.4 Å². The summed E-state index contributed by atoms with van der Waals surface area (Å²) in [6.45, 7) is 10.8. The molecule has 2 aromatic carbocycles. The second-order valence-electron chi connectivity index (χ2n) is 11.3. The molecule has 1 amide bonds. The number of rotatable bonds is 8. The number of aromatic nitrogens is 4. The van der Waals surface area contributed by atoms with Gasteiger partial charge in [0.15, 0.2) is 0 Å². The highest BCUT2D eigenvalue weighted by Gasteiger charge is 2.17. The van der Waals surface area contributed by atoms with Gasteiger partial charge in [-0.1, -0.05) is 45.0 Å². The number of hydrogen-bond donors (Lipinski definition) is 4. The van der Waals surface area contributed by atoms with Gasteiger partial charge in [0.25, 0.3) is 11.5 Å². The standard InChI is InChI=1S/C31H35N7O3/c1-19-23(6-5-7-24(19)35-28(39)21-8-10-22(11-9-21)31(2,3)4)25-16-26(29(40)38-37-25)34-27-13-15-33-30(36-27)41-18-20-12-14-32-17-20/h5-11,13,15-16,20,32H,12,14,17-18H2,1-4H3,(H,35,39)(H,38,40)(H,33,34,36,37). The minimum atomic E-state index is -0.396. The maximum atomic E-state index is 13.0. The van der Waals surface area contributed by atoms with Crippen LogP contribution in [0, 0.1) is 12.8 Å². The molecule has 4 N–H and O–H groups in total. The molecule has 1 atom stereocenters. The van der Waals surface area contributed by atoms with Crippen molar-refractivity contribution in [3.8, 4) is 17.3 Å². The van der Waals surface area contributed by atoms with E-state index in [9.17, 15) is 9.59 Å². The number of amides is 1. The average molecular weight is 554 g/mol. The zero-order valence-electron chi connectivity index (χ0n) is 23.7. The van der Waals surface area contributed by atoms with E-state index in [2.05, 4.69) is 56.9 Å². The monoisotopic (exact) mass is 553 g/mol. The van der Waals surface area contributed by atoms with Crippen LogP contribution in [0.5, 0.6) is 6.01 Å². The summed E-state index contributed by atoms with van der Waals surface area (Å²) >= 11 is 0. The van der Waals surface area contributed by atoms with E-state index >= 15 is 0 Å². The topological polar surface area (TPSA) is 134 Å². The Morgan fingerprint density at radius 2 is 1.90 bits per heavy atom. The van der Waals surface area contributed by atoms with Gasteiger partial charge in [0.2, 0.25) is 0 Å². The first-order valence-corrected chi connectivity index (χ1v) is 13.7. The second-order valence-corrected chi connectivity index (χ2v) is 11.3. The number of anilines is 3. The van der Waals surface area contributed by atoms with Crippen molar-refractivity contribution in [2.45, 2.75) is 39.5 Å². The summed E-state index contributed by atoms with van der Waals surface area (Å²) in [5, 5.41) is 16.2. The molecule has 10 heteroatoms. The van der Waals surface area contributed by atoms with Crippen molar-refractivity contribution in [3.63, 3.8) is 0 Å². The normalized spacial score (nSPS) is 15.0. The zero-order valence-corrected chi connectivity index (χ0v) is 23.7. The van der Waals surface area contributed by atoms with Gasteiger partial charge >= 0.3 is 6.01 Å². The molecule has 4 aromatic rings. The fourth-order valence-corrected chi connectivity index (χ4v) is 4.67. The van der Waals surface area contributed by atoms with Crippen molar-refractivity contribution in [1.29, 1.82) is 0 Å². The fourth-order valence-electron chi connectivity index (χ4n) is 4.67. The Kier molecular flexibility index (Phi) is 8.11. The predicted octanol–water partition coefficient (Wildman–Crippen LogP) is 4.82. The minimum absolute atomic E-state index is 0.00768. The number of H-pyrrole nitrogens is 1. The predicted molar refractivity (Wildman–Crippen MR) is 160 cm³/mol. The van der Waals surface area contributed by atoms with Crippen molar-refractivity contribution in [2.75, 3.05) is 30.3 Å². The Morgan fingerprint density at radius 3 is 2.63 bits per heavy atom. The van der Waals surface area contributed by atoms with Gasteiger partial charge in [-0.05, 0) is 66.8 Å². The van der Waals surface area contributed by atoms with E-state index in [0.29, 0.717) is 35.3 Å². The molecule has 41 heavy (non-hydrogen) atoms. The highest BCUT2D eigenvalue weighted by atomic mass is 16.5. The lowest BCUT2D eigenvalue weighted by molar-refractivity contribution is 0.102. The maximum absolute atomic E-state index is 13.0. The third-order valence-corrected chi connectivity index (χ3v) is 7.18. The highest BCUT2D eigenvalue weighted by Crippen LogP contribution is 2.29. The van der Waals surface area contributed by atoms with E-state index in [4.69, 9.17) is 4.74 Å². The molecule has 3 heterocycles. The molecule has 0 saturated carbocycles. The number of aromatic amines is 1. The Balaban J connectivity index is 1.32. The first-order chi connectivity index (χ1) is 19.7. The number of ether oxygens (including phenoxy) is 1. The first-order valence-electron chi connectivity index (χ1n) is 13.7. The van der Waals surface area contributed by atoms with Crippen LogP contribution in [0.25, 0.3) is 11.3 Å². The molecule has 1 unspecified atom stereocenters. The van der Waals surface area contributed by atoms with Gasteiger partial charge in [-0.25, -0.2) is 10.1 Å². The van der Waals surface area contributed by atoms with Gasteiger partial charge in [-0.15, -0.1) is 0 Å². The SMILES string of the molecule is Cc1c(NC(=O)c2ccc(C(C)(C)C)cc2)cccc1-c1cc(Nc2ccnc(OCC3CCNC3)n2)c(=O)[nH]n1. The van der Waals surface area contributed by atoms with Crippen LogP contribution in [0.3, 0.4) is 0 Å². The number of hydrogen-bond acceptors (Lipinski definition) is 8. The molecule has 1 aliphatic rings. The number of carbonyl (C=O) groups is 1. The van der Waals surface area contributed by atoms with Gasteiger partial charge in [-0.3, -0.25) is 9.59 Å². The summed E-state index contributed by atoms with van der Waals surface area (Å²) < 4.78 is 5.77. The largest absolute Gasteiger partial charge is 0.463 e. The molecule has 0 aliphatic carbocycles. The van der Waals surface area contributed by atoms with Crippen LogP contribution in [-0.2, 0) is 5.41 Å². The lowest BCUT2D eigenvalue weighted by Gasteiger charge is -2.19. The molecule has 5 rings (SSSR count). The van der Waals surface area contributed by atoms with Crippen molar-refractivity contribution < 1.29 is 9.53 Å². The van der Waals surface area contributed by atoms with Gasteiger partial charge < -0.3 is 20.7 Å². The molecule has 1 fully saturated rings. The summed E-state index contributed by atoms with van der Waals surface area (Å²) in [5.74, 6) is 0.657. The van der Waals surface area contributed by atoms with E-state index in [-0.39, 0.29) is 23.0 Å². The quantitative estimate of drug-likeness (QED) is 0.244. The molecular weight excluding hydrogens is 518 g/mol. The van der Waals surface area contributed by atoms with Gasteiger partial charge in [0.1, 0.15) is 11.5 Å². The number of nitrogens with zero attached hydrogens (tertiary/aromatic N) is 3. The molecule has 212 valence electrons. The Bertz CT molecular complexity index is 1590. The molecule has 0 spiro atoms. The summed E-state index contributed by atoms with van der Waals surface area (Å²) in [4.78, 5) is 34.2. The Labute approximate surface area is 239 Å². The number of carbonyl (C=O) groups excluding carboxylic acids is 1. The third-order valence-electron chi connectivity index (χ3n) is 7.18. The third kappa shape index (κ3) is 6.78. The van der Waals surface area contributed by atoms with E-state index in [1.165, 1.54) is 0 Å². The average Bonchev–Trinajstić information content (AvgIpc) is 3.48. The van der Waals surface area contributed by atoms with Crippen LogP contribution in [0.4, 0.5) is 17.2 Å². The van der Waals surface area contributed by atoms with Crippen molar-refractivity contribution in [1.82, 2.24) is 25.5 Å². The van der Waals surface area contributed by atoms with E-state index in [1.54, 1.807) is 18.3 Å². The minimum Gasteiger partial charge on any atom is -0.463 e. The van der Waals surface area contributed by atoms with Crippen LogP contribution in [0.2, 0.25) is 0 Å². The van der Waals surface area contributed by atoms with Crippen molar-refractivity contribution >= 4 is 23.1 Å². The molecule has 1 aliphatic heterocycles. The van der Waals surface area contributed by atoms with Gasteiger partial charge in [0.05, 0.1) is 12.3 Å². The van der Waals surface area contributed by atoms with Gasteiger partial charge in [-0.2, -0.15) is 10.1 Å². The van der Waals surface area contributed by atoms with E-state index in [0.717, 1.165) is 36.2 Å². The number of benzene rings is 2. The first kappa shape index (κ1) is 28.0. The molecule has 1 saturated heterocycles. The second kappa shape index (κ2) is 11.9. The summed E-state index contributed by atoms with van der Waals surface area (Å²) in [6, 6.07) is 16.8. The molecule has 0 radical (unpaired) electrons. The van der Waals surface area contributed by atoms with Crippen LogP contribution < -0.4 is 26.2 Å².